The maximum absolute atomic E-state index is 11.4. The van der Waals surface area contributed by atoms with Crippen molar-refractivity contribution in [3.63, 3.8) is 0 Å². The molecule has 0 bridgehead atoms. The summed E-state index contributed by atoms with van der Waals surface area (Å²) in [5.41, 5.74) is 7.79. The normalized spacial score (nSPS) is 10.9. The van der Waals surface area contributed by atoms with E-state index in [0.29, 0.717) is 11.4 Å². The molecule has 0 amide bonds. The van der Waals surface area contributed by atoms with E-state index in [9.17, 15) is 9.59 Å². The summed E-state index contributed by atoms with van der Waals surface area (Å²) in [5, 5.41) is 0. The van der Waals surface area contributed by atoms with Crippen LogP contribution in [-0.4, -0.2) is 24.3 Å². The summed E-state index contributed by atoms with van der Waals surface area (Å²) in [4.78, 5) is 26.8. The number of hydrogen-bond donors (Lipinski definition) is 1. The Labute approximate surface area is 106 Å². The van der Waals surface area contributed by atoms with Crippen LogP contribution < -0.4 is 5.73 Å². The van der Waals surface area contributed by atoms with Crippen LogP contribution in [0.25, 0.3) is 0 Å². The van der Waals surface area contributed by atoms with Gasteiger partial charge in [0.2, 0.25) is 0 Å². The number of allylic oxidation sites excluding steroid dienone is 2. The van der Waals surface area contributed by atoms with Gasteiger partial charge < -0.3 is 5.73 Å². The lowest BCUT2D eigenvalue weighted by Crippen LogP contribution is -2.10. The van der Waals surface area contributed by atoms with Crippen LogP contribution in [0.15, 0.2) is 40.9 Å². The van der Waals surface area contributed by atoms with Gasteiger partial charge in [-0.3, -0.25) is 14.6 Å². The van der Waals surface area contributed by atoms with Crippen LogP contribution in [0, 0.1) is 0 Å². The number of anilines is 1. The van der Waals surface area contributed by atoms with Crippen molar-refractivity contribution in [3.8, 4) is 0 Å². The third-order valence-corrected chi connectivity index (χ3v) is 2.49. The van der Waals surface area contributed by atoms with E-state index in [1.165, 1.54) is 19.9 Å². The molecule has 4 nitrogen and oxygen atoms in total. The first-order valence-electron chi connectivity index (χ1n) is 5.52. The molecule has 1 aromatic carbocycles. The molecule has 0 fully saturated rings. The number of hydrogen-bond acceptors (Lipinski definition) is 4. The second-order valence-electron chi connectivity index (χ2n) is 3.90. The van der Waals surface area contributed by atoms with E-state index in [1.807, 2.05) is 0 Å². The topological polar surface area (TPSA) is 72.5 Å². The van der Waals surface area contributed by atoms with Gasteiger partial charge in [-0.1, -0.05) is 12.1 Å². The van der Waals surface area contributed by atoms with Crippen molar-refractivity contribution in [1.29, 1.82) is 0 Å². The molecule has 0 radical (unpaired) electrons. The standard InChI is InChI=1S/C14H16N2O2/c1-9(17)13(10(2)18)8-14(16-3)11-4-6-12(15)7-5-11/h4-8H,15H2,1-3H3. The summed E-state index contributed by atoms with van der Waals surface area (Å²) in [7, 11) is 1.61. The average molecular weight is 244 g/mol. The van der Waals surface area contributed by atoms with Crippen molar-refractivity contribution in [2.24, 2.45) is 4.99 Å². The molecule has 0 spiro atoms. The first-order chi connectivity index (χ1) is 8.45. The van der Waals surface area contributed by atoms with Crippen LogP contribution in [0.1, 0.15) is 19.4 Å². The van der Waals surface area contributed by atoms with E-state index in [1.54, 1.807) is 31.3 Å². The van der Waals surface area contributed by atoms with Crippen LogP contribution in [0.2, 0.25) is 0 Å². The van der Waals surface area contributed by atoms with Crippen molar-refractivity contribution in [3.05, 3.63) is 41.5 Å². The first-order valence-corrected chi connectivity index (χ1v) is 5.52. The maximum Gasteiger partial charge on any atom is 0.163 e. The Morgan fingerprint density at radius 3 is 2.00 bits per heavy atom. The number of carbonyl (C=O) groups excluding carboxylic acids is 2. The van der Waals surface area contributed by atoms with Gasteiger partial charge in [0.1, 0.15) is 0 Å². The summed E-state index contributed by atoms with van der Waals surface area (Å²) in [6.07, 6.45) is 1.51. The van der Waals surface area contributed by atoms with Crippen LogP contribution in [0.5, 0.6) is 0 Å². The zero-order valence-corrected chi connectivity index (χ0v) is 10.7. The Hall–Kier alpha value is -2.23. The number of rotatable bonds is 4. The largest absolute Gasteiger partial charge is 0.399 e. The lowest BCUT2D eigenvalue weighted by atomic mass is 10.0. The number of nitrogens with zero attached hydrogens (tertiary/aromatic N) is 1. The highest BCUT2D eigenvalue weighted by atomic mass is 16.1. The summed E-state index contributed by atoms with van der Waals surface area (Å²) < 4.78 is 0. The number of carbonyl (C=O) groups is 2. The zero-order valence-electron chi connectivity index (χ0n) is 10.7. The van der Waals surface area contributed by atoms with Gasteiger partial charge in [-0.15, -0.1) is 0 Å². The Morgan fingerprint density at radius 1 is 1.11 bits per heavy atom. The molecule has 0 atom stereocenters. The maximum atomic E-state index is 11.4. The fourth-order valence-corrected chi connectivity index (χ4v) is 1.52. The molecular weight excluding hydrogens is 228 g/mol. The Kier molecular flexibility index (Phi) is 4.54. The summed E-state index contributed by atoms with van der Waals surface area (Å²) in [6, 6.07) is 7.09. The van der Waals surface area contributed by atoms with Crippen molar-refractivity contribution in [1.82, 2.24) is 0 Å². The Balaban J connectivity index is 3.20. The van der Waals surface area contributed by atoms with Gasteiger partial charge in [0, 0.05) is 12.7 Å². The van der Waals surface area contributed by atoms with E-state index in [4.69, 9.17) is 5.73 Å². The smallest absolute Gasteiger partial charge is 0.163 e. The van der Waals surface area contributed by atoms with Crippen molar-refractivity contribution < 1.29 is 9.59 Å². The van der Waals surface area contributed by atoms with Gasteiger partial charge in [0.15, 0.2) is 11.6 Å². The van der Waals surface area contributed by atoms with Crippen molar-refractivity contribution in [2.75, 3.05) is 12.8 Å². The third kappa shape index (κ3) is 3.38. The monoisotopic (exact) mass is 244 g/mol. The molecule has 0 aliphatic heterocycles. The van der Waals surface area contributed by atoms with E-state index in [2.05, 4.69) is 4.99 Å². The summed E-state index contributed by atoms with van der Waals surface area (Å²) in [5.74, 6) is -0.529. The SMILES string of the molecule is CN=C(C=C(C(C)=O)C(C)=O)c1ccc(N)cc1. The quantitative estimate of drug-likeness (QED) is 0.288. The third-order valence-electron chi connectivity index (χ3n) is 2.49. The number of nitrogens with two attached hydrogens (primary N) is 1. The van der Waals surface area contributed by atoms with E-state index < -0.39 is 0 Å². The number of nitrogen functional groups attached to an aromatic ring is 1. The molecule has 0 unspecified atom stereocenters. The van der Waals surface area contributed by atoms with Crippen LogP contribution in [0.3, 0.4) is 0 Å². The van der Waals surface area contributed by atoms with Gasteiger partial charge in [0.05, 0.1) is 11.3 Å². The molecule has 1 aromatic rings. The molecule has 18 heavy (non-hydrogen) atoms. The van der Waals surface area contributed by atoms with Crippen molar-refractivity contribution >= 4 is 23.0 Å². The first kappa shape index (κ1) is 13.8. The Bertz CT molecular complexity index is 509. The molecule has 0 saturated heterocycles. The second kappa shape index (κ2) is 5.91. The molecular formula is C14H16N2O2. The summed E-state index contributed by atoms with van der Waals surface area (Å²) >= 11 is 0. The highest BCUT2D eigenvalue weighted by Gasteiger charge is 2.11. The predicted octanol–water partition coefficient (Wildman–Crippen LogP) is 1.79. The molecule has 94 valence electrons. The molecule has 2 N–H and O–H groups in total. The molecule has 4 heteroatoms. The highest BCUT2D eigenvalue weighted by Crippen LogP contribution is 2.10. The zero-order chi connectivity index (χ0) is 13.7. The van der Waals surface area contributed by atoms with Gasteiger partial charge in [-0.05, 0) is 37.6 Å². The predicted molar refractivity (Wildman–Crippen MR) is 72.8 cm³/mol. The van der Waals surface area contributed by atoms with E-state index >= 15 is 0 Å². The minimum Gasteiger partial charge on any atom is -0.399 e. The highest BCUT2D eigenvalue weighted by molar-refractivity contribution is 6.24. The average Bonchev–Trinajstić information content (AvgIpc) is 2.31. The van der Waals surface area contributed by atoms with E-state index in [-0.39, 0.29) is 17.1 Å². The Morgan fingerprint density at radius 2 is 1.61 bits per heavy atom. The second-order valence-corrected chi connectivity index (χ2v) is 3.90. The van der Waals surface area contributed by atoms with Crippen LogP contribution in [0.4, 0.5) is 5.69 Å². The van der Waals surface area contributed by atoms with Crippen LogP contribution in [-0.2, 0) is 9.59 Å². The molecule has 0 aliphatic carbocycles. The summed E-state index contributed by atoms with van der Waals surface area (Å²) in [6.45, 7) is 2.73. The molecule has 0 aliphatic rings. The number of benzene rings is 1. The molecule has 1 rings (SSSR count). The number of aliphatic imine (C=N–C) groups is 1. The minimum absolute atomic E-state index is 0.146. The van der Waals surface area contributed by atoms with Crippen LogP contribution >= 0.6 is 0 Å². The van der Waals surface area contributed by atoms with Crippen molar-refractivity contribution in [2.45, 2.75) is 13.8 Å². The van der Waals surface area contributed by atoms with E-state index in [0.717, 1.165) is 5.56 Å². The van der Waals surface area contributed by atoms with Gasteiger partial charge in [-0.2, -0.15) is 0 Å². The lowest BCUT2D eigenvalue weighted by Gasteiger charge is -2.04. The minimum atomic E-state index is -0.265. The number of ketones is 2. The van der Waals surface area contributed by atoms with Gasteiger partial charge in [0.25, 0.3) is 0 Å². The molecule has 0 aromatic heterocycles. The lowest BCUT2D eigenvalue weighted by molar-refractivity contribution is -0.119. The van der Waals surface area contributed by atoms with Gasteiger partial charge >= 0.3 is 0 Å². The fraction of sp³-hybridized carbons (Fsp3) is 0.214. The fourth-order valence-electron chi connectivity index (χ4n) is 1.52. The van der Waals surface area contributed by atoms with Gasteiger partial charge in [-0.25, -0.2) is 0 Å². The number of Topliss-reactive ketones (excluding diaryl/α,β-unsaturated/α-hetero) is 2. The molecule has 0 saturated carbocycles. The molecule has 0 heterocycles.